The van der Waals surface area contributed by atoms with E-state index in [0.717, 1.165) is 25.3 Å². The zero-order chi connectivity index (χ0) is 10.1. The van der Waals surface area contributed by atoms with Gasteiger partial charge in [-0.25, -0.2) is 4.98 Å². The third kappa shape index (κ3) is 2.23. The standard InChI is InChI=1S/C10H14ClN3/c1-7-2-8(3-10(11)13-7)4-14-5-9(12)6-14/h2-3,9H,4-6,12H2,1H3. The number of likely N-dealkylation sites (tertiary alicyclic amines) is 1. The summed E-state index contributed by atoms with van der Waals surface area (Å²) in [7, 11) is 0. The van der Waals surface area contributed by atoms with Crippen LogP contribution in [0.1, 0.15) is 11.3 Å². The van der Waals surface area contributed by atoms with Gasteiger partial charge in [-0.2, -0.15) is 0 Å². The molecule has 0 amide bonds. The molecule has 1 aliphatic heterocycles. The smallest absolute Gasteiger partial charge is 0.129 e. The number of aryl methyl sites for hydroxylation is 1. The second-order valence-corrected chi connectivity index (χ2v) is 4.28. The lowest BCUT2D eigenvalue weighted by molar-refractivity contribution is 0.142. The first-order valence-electron chi connectivity index (χ1n) is 4.74. The molecule has 0 unspecified atom stereocenters. The van der Waals surface area contributed by atoms with Crippen molar-refractivity contribution in [3.63, 3.8) is 0 Å². The van der Waals surface area contributed by atoms with Crippen LogP contribution >= 0.6 is 11.6 Å². The molecular weight excluding hydrogens is 198 g/mol. The Morgan fingerprint density at radius 1 is 1.57 bits per heavy atom. The van der Waals surface area contributed by atoms with Gasteiger partial charge in [-0.3, -0.25) is 4.90 Å². The van der Waals surface area contributed by atoms with Crippen molar-refractivity contribution in [1.29, 1.82) is 0 Å². The van der Waals surface area contributed by atoms with Gasteiger partial charge in [0.25, 0.3) is 0 Å². The van der Waals surface area contributed by atoms with E-state index < -0.39 is 0 Å². The summed E-state index contributed by atoms with van der Waals surface area (Å²) < 4.78 is 0. The maximum Gasteiger partial charge on any atom is 0.129 e. The molecule has 2 heterocycles. The molecule has 1 aromatic rings. The van der Waals surface area contributed by atoms with E-state index in [1.165, 1.54) is 5.56 Å². The van der Waals surface area contributed by atoms with Crippen molar-refractivity contribution in [3.8, 4) is 0 Å². The van der Waals surface area contributed by atoms with E-state index in [1.54, 1.807) is 0 Å². The minimum Gasteiger partial charge on any atom is -0.325 e. The monoisotopic (exact) mass is 211 g/mol. The third-order valence-corrected chi connectivity index (χ3v) is 2.57. The maximum atomic E-state index is 5.87. The van der Waals surface area contributed by atoms with E-state index in [1.807, 2.05) is 13.0 Å². The first-order valence-corrected chi connectivity index (χ1v) is 5.12. The molecule has 0 bridgehead atoms. The molecular formula is C10H14ClN3. The quantitative estimate of drug-likeness (QED) is 0.748. The van der Waals surface area contributed by atoms with Crippen LogP contribution in [0.15, 0.2) is 12.1 Å². The van der Waals surface area contributed by atoms with Gasteiger partial charge in [-0.15, -0.1) is 0 Å². The molecule has 1 aliphatic rings. The van der Waals surface area contributed by atoms with E-state index in [4.69, 9.17) is 17.3 Å². The Kier molecular flexibility index (Phi) is 2.72. The Morgan fingerprint density at radius 3 is 2.86 bits per heavy atom. The second-order valence-electron chi connectivity index (χ2n) is 3.89. The molecule has 1 fully saturated rings. The normalized spacial score (nSPS) is 18.2. The van der Waals surface area contributed by atoms with Crippen LogP contribution in [0.4, 0.5) is 0 Å². The van der Waals surface area contributed by atoms with Crippen LogP contribution in [-0.2, 0) is 6.54 Å². The van der Waals surface area contributed by atoms with Crippen LogP contribution in [-0.4, -0.2) is 29.0 Å². The van der Waals surface area contributed by atoms with Gasteiger partial charge < -0.3 is 5.73 Å². The molecule has 76 valence electrons. The fraction of sp³-hybridized carbons (Fsp3) is 0.500. The van der Waals surface area contributed by atoms with Gasteiger partial charge in [0.05, 0.1) is 0 Å². The van der Waals surface area contributed by atoms with Crippen LogP contribution in [0, 0.1) is 6.92 Å². The molecule has 0 radical (unpaired) electrons. The zero-order valence-electron chi connectivity index (χ0n) is 8.20. The first kappa shape index (κ1) is 9.90. The summed E-state index contributed by atoms with van der Waals surface area (Å²) in [5, 5.41) is 0.574. The summed E-state index contributed by atoms with van der Waals surface area (Å²) in [5.41, 5.74) is 7.89. The van der Waals surface area contributed by atoms with Gasteiger partial charge in [0, 0.05) is 31.4 Å². The van der Waals surface area contributed by atoms with Gasteiger partial charge >= 0.3 is 0 Å². The minimum absolute atomic E-state index is 0.355. The Hall–Kier alpha value is -0.640. The number of hydrogen-bond acceptors (Lipinski definition) is 3. The summed E-state index contributed by atoms with van der Waals surface area (Å²) >= 11 is 5.87. The molecule has 0 aliphatic carbocycles. The molecule has 0 spiro atoms. The van der Waals surface area contributed by atoms with Crippen molar-refractivity contribution in [2.24, 2.45) is 5.73 Å². The molecule has 3 nitrogen and oxygen atoms in total. The highest BCUT2D eigenvalue weighted by molar-refractivity contribution is 6.29. The van der Waals surface area contributed by atoms with Crippen molar-refractivity contribution in [2.45, 2.75) is 19.5 Å². The van der Waals surface area contributed by atoms with E-state index in [0.29, 0.717) is 11.2 Å². The molecule has 0 atom stereocenters. The van der Waals surface area contributed by atoms with Crippen molar-refractivity contribution in [1.82, 2.24) is 9.88 Å². The number of halogens is 1. The number of nitrogens with two attached hydrogens (primary N) is 1. The van der Waals surface area contributed by atoms with Crippen molar-refractivity contribution in [2.75, 3.05) is 13.1 Å². The fourth-order valence-corrected chi connectivity index (χ4v) is 2.06. The van der Waals surface area contributed by atoms with Crippen LogP contribution < -0.4 is 5.73 Å². The molecule has 2 rings (SSSR count). The molecule has 2 N–H and O–H groups in total. The summed E-state index contributed by atoms with van der Waals surface area (Å²) in [5.74, 6) is 0. The molecule has 1 aromatic heterocycles. The highest BCUT2D eigenvalue weighted by Crippen LogP contribution is 2.15. The average Bonchev–Trinajstić information content (AvgIpc) is 1.99. The lowest BCUT2D eigenvalue weighted by Crippen LogP contribution is -2.54. The van der Waals surface area contributed by atoms with Crippen molar-refractivity contribution >= 4 is 11.6 Å². The van der Waals surface area contributed by atoms with Crippen LogP contribution in [0.5, 0.6) is 0 Å². The average molecular weight is 212 g/mol. The Balaban J connectivity index is 2.02. The third-order valence-electron chi connectivity index (χ3n) is 2.37. The Bertz CT molecular complexity index is 314. The number of hydrogen-bond donors (Lipinski definition) is 1. The van der Waals surface area contributed by atoms with E-state index in [9.17, 15) is 0 Å². The highest BCUT2D eigenvalue weighted by atomic mass is 35.5. The second kappa shape index (κ2) is 3.85. The lowest BCUT2D eigenvalue weighted by Gasteiger charge is -2.36. The van der Waals surface area contributed by atoms with Crippen LogP contribution in [0.3, 0.4) is 0 Å². The van der Waals surface area contributed by atoms with Gasteiger partial charge in [0.15, 0.2) is 0 Å². The topological polar surface area (TPSA) is 42.1 Å². The summed E-state index contributed by atoms with van der Waals surface area (Å²) in [4.78, 5) is 6.42. The Labute approximate surface area is 88.9 Å². The molecule has 1 saturated heterocycles. The van der Waals surface area contributed by atoms with E-state index in [-0.39, 0.29) is 0 Å². The molecule has 14 heavy (non-hydrogen) atoms. The van der Waals surface area contributed by atoms with Gasteiger partial charge in [-0.05, 0) is 24.6 Å². The van der Waals surface area contributed by atoms with Crippen molar-refractivity contribution < 1.29 is 0 Å². The number of rotatable bonds is 2. The van der Waals surface area contributed by atoms with Crippen molar-refractivity contribution in [3.05, 3.63) is 28.5 Å². The van der Waals surface area contributed by atoms with Crippen LogP contribution in [0.2, 0.25) is 5.15 Å². The lowest BCUT2D eigenvalue weighted by atomic mass is 10.1. The molecule has 4 heteroatoms. The van der Waals surface area contributed by atoms with E-state index >= 15 is 0 Å². The summed E-state index contributed by atoms with van der Waals surface area (Å²) in [6, 6.07) is 4.34. The molecule has 0 saturated carbocycles. The van der Waals surface area contributed by atoms with Crippen LogP contribution in [0.25, 0.3) is 0 Å². The first-order chi connectivity index (χ1) is 6.63. The highest BCUT2D eigenvalue weighted by Gasteiger charge is 2.22. The van der Waals surface area contributed by atoms with E-state index in [2.05, 4.69) is 16.0 Å². The predicted molar refractivity (Wildman–Crippen MR) is 57.2 cm³/mol. The van der Waals surface area contributed by atoms with Gasteiger partial charge in [0.1, 0.15) is 5.15 Å². The predicted octanol–water partition coefficient (Wildman–Crippen LogP) is 1.19. The fourth-order valence-electron chi connectivity index (χ4n) is 1.78. The van der Waals surface area contributed by atoms with Gasteiger partial charge in [0.2, 0.25) is 0 Å². The van der Waals surface area contributed by atoms with Gasteiger partial charge in [-0.1, -0.05) is 11.6 Å². The summed E-state index contributed by atoms with van der Waals surface area (Å²) in [6.45, 7) is 4.85. The maximum absolute atomic E-state index is 5.87. The number of pyridine rings is 1. The number of nitrogens with zero attached hydrogens (tertiary/aromatic N) is 2. The summed E-state index contributed by atoms with van der Waals surface area (Å²) in [6.07, 6.45) is 0. The number of aromatic nitrogens is 1. The SMILES string of the molecule is Cc1cc(CN2CC(N)C2)cc(Cl)n1. The largest absolute Gasteiger partial charge is 0.325 e. The zero-order valence-corrected chi connectivity index (χ0v) is 8.96. The Morgan fingerprint density at radius 2 is 2.29 bits per heavy atom. The minimum atomic E-state index is 0.355. The molecule has 0 aromatic carbocycles.